The molecule has 1 saturated heterocycles. The van der Waals surface area contributed by atoms with E-state index in [0.29, 0.717) is 19.7 Å². The van der Waals surface area contributed by atoms with Gasteiger partial charge in [0.05, 0.1) is 17.7 Å². The van der Waals surface area contributed by atoms with E-state index in [-0.39, 0.29) is 23.8 Å². The minimum absolute atomic E-state index is 0.0254. The van der Waals surface area contributed by atoms with Gasteiger partial charge >= 0.3 is 0 Å². The van der Waals surface area contributed by atoms with Crippen molar-refractivity contribution in [2.45, 2.75) is 50.0 Å². The van der Waals surface area contributed by atoms with Gasteiger partial charge in [-0.3, -0.25) is 14.5 Å². The molecule has 1 fully saturated rings. The number of rotatable bonds is 12. The number of ether oxygens (including phenoxy) is 1. The number of nitrogens with zero attached hydrogens (tertiary/aromatic N) is 2. The lowest BCUT2D eigenvalue weighted by atomic mass is 9.96. The van der Waals surface area contributed by atoms with Crippen molar-refractivity contribution in [2.24, 2.45) is 5.92 Å². The lowest BCUT2D eigenvalue weighted by Crippen LogP contribution is -2.43. The standard InChI is InChI=1S/C26H36N4O3S/c1-20(2)33-16-6-13-28-26(32)22-10-14-30(15-11-22)18-24(31)29-23-8-5-7-21(17-23)19-34-25-9-3-4-12-27-25/h3-5,7-9,12,17,20,22H,6,10-11,13-16,18-19H2,1-2H3,(H,28,32)(H,29,31). The summed E-state index contributed by atoms with van der Waals surface area (Å²) >= 11 is 1.67. The predicted molar refractivity (Wildman–Crippen MR) is 137 cm³/mol. The van der Waals surface area contributed by atoms with Crippen molar-refractivity contribution in [1.29, 1.82) is 0 Å². The van der Waals surface area contributed by atoms with Gasteiger partial charge in [-0.25, -0.2) is 4.98 Å². The molecule has 3 rings (SSSR count). The molecule has 1 aromatic carbocycles. The van der Waals surface area contributed by atoms with E-state index in [9.17, 15) is 9.59 Å². The first-order valence-corrected chi connectivity index (χ1v) is 13.0. The summed E-state index contributed by atoms with van der Waals surface area (Å²) in [5.41, 5.74) is 1.94. The molecule has 7 nitrogen and oxygen atoms in total. The molecule has 2 aromatic rings. The molecule has 184 valence electrons. The number of hydrogen-bond acceptors (Lipinski definition) is 6. The minimum Gasteiger partial charge on any atom is -0.379 e. The predicted octanol–water partition coefficient (Wildman–Crippen LogP) is 3.96. The average molecular weight is 485 g/mol. The third-order valence-corrected chi connectivity index (χ3v) is 6.65. The Hall–Kier alpha value is -2.42. The summed E-state index contributed by atoms with van der Waals surface area (Å²) in [6.07, 6.45) is 4.39. The number of carbonyl (C=O) groups excluding carboxylic acids is 2. The van der Waals surface area contributed by atoms with E-state index in [1.807, 2.05) is 50.2 Å². The molecule has 34 heavy (non-hydrogen) atoms. The number of carbonyl (C=O) groups is 2. The molecule has 2 heterocycles. The van der Waals surface area contributed by atoms with Gasteiger partial charge in [-0.15, -0.1) is 11.8 Å². The van der Waals surface area contributed by atoms with Crippen molar-refractivity contribution in [2.75, 3.05) is 38.1 Å². The number of benzene rings is 1. The maximum atomic E-state index is 12.6. The van der Waals surface area contributed by atoms with Crippen LogP contribution in [0.2, 0.25) is 0 Å². The third-order valence-electron chi connectivity index (χ3n) is 5.63. The molecular weight excluding hydrogens is 448 g/mol. The van der Waals surface area contributed by atoms with E-state index in [1.165, 1.54) is 0 Å². The Kier molecular flexibility index (Phi) is 10.9. The molecule has 0 bridgehead atoms. The second-order valence-corrected chi connectivity index (χ2v) is 9.82. The van der Waals surface area contributed by atoms with E-state index in [2.05, 4.69) is 26.6 Å². The Labute approximate surface area is 207 Å². The van der Waals surface area contributed by atoms with Gasteiger partial charge < -0.3 is 15.4 Å². The Morgan fingerprint density at radius 2 is 2.00 bits per heavy atom. The molecule has 2 amide bonds. The second kappa shape index (κ2) is 14.1. The summed E-state index contributed by atoms with van der Waals surface area (Å²) in [4.78, 5) is 31.4. The molecule has 0 spiro atoms. The van der Waals surface area contributed by atoms with Crippen LogP contribution in [0.25, 0.3) is 0 Å². The number of nitrogens with one attached hydrogen (secondary N) is 2. The van der Waals surface area contributed by atoms with Crippen LogP contribution in [-0.2, 0) is 20.1 Å². The van der Waals surface area contributed by atoms with Crippen LogP contribution in [0.15, 0.2) is 53.7 Å². The van der Waals surface area contributed by atoms with Crippen LogP contribution in [0.1, 0.15) is 38.7 Å². The molecule has 1 aliphatic heterocycles. The van der Waals surface area contributed by atoms with E-state index in [1.54, 1.807) is 18.0 Å². The van der Waals surface area contributed by atoms with Crippen molar-refractivity contribution >= 4 is 29.3 Å². The summed E-state index contributed by atoms with van der Waals surface area (Å²) in [6.45, 7) is 7.17. The zero-order chi connectivity index (χ0) is 24.2. The van der Waals surface area contributed by atoms with E-state index < -0.39 is 0 Å². The number of pyridine rings is 1. The highest BCUT2D eigenvalue weighted by molar-refractivity contribution is 7.98. The minimum atomic E-state index is -0.0254. The molecule has 0 saturated carbocycles. The second-order valence-electron chi connectivity index (χ2n) is 8.82. The van der Waals surface area contributed by atoms with Crippen LogP contribution in [0, 0.1) is 5.92 Å². The summed E-state index contributed by atoms with van der Waals surface area (Å²) in [5, 5.41) is 7.01. The van der Waals surface area contributed by atoms with Gasteiger partial charge in [0.25, 0.3) is 0 Å². The van der Waals surface area contributed by atoms with Crippen molar-refractivity contribution in [3.05, 3.63) is 54.2 Å². The lowest BCUT2D eigenvalue weighted by molar-refractivity contribution is -0.126. The quantitative estimate of drug-likeness (QED) is 0.351. The largest absolute Gasteiger partial charge is 0.379 e. The maximum Gasteiger partial charge on any atom is 0.238 e. The van der Waals surface area contributed by atoms with Crippen LogP contribution < -0.4 is 10.6 Å². The van der Waals surface area contributed by atoms with Gasteiger partial charge in [-0.2, -0.15) is 0 Å². The maximum absolute atomic E-state index is 12.6. The molecule has 0 atom stereocenters. The van der Waals surface area contributed by atoms with Crippen LogP contribution in [0.4, 0.5) is 5.69 Å². The zero-order valence-electron chi connectivity index (χ0n) is 20.2. The number of aromatic nitrogens is 1. The summed E-state index contributed by atoms with van der Waals surface area (Å²) in [5.74, 6) is 0.913. The topological polar surface area (TPSA) is 83.6 Å². The number of hydrogen-bond donors (Lipinski definition) is 2. The van der Waals surface area contributed by atoms with Gasteiger partial charge in [0.15, 0.2) is 0 Å². The molecule has 0 aliphatic carbocycles. The van der Waals surface area contributed by atoms with Crippen LogP contribution in [0.5, 0.6) is 0 Å². The highest BCUT2D eigenvalue weighted by Gasteiger charge is 2.25. The third kappa shape index (κ3) is 9.44. The summed E-state index contributed by atoms with van der Waals surface area (Å²) in [7, 11) is 0. The van der Waals surface area contributed by atoms with Crippen molar-refractivity contribution < 1.29 is 14.3 Å². The zero-order valence-corrected chi connectivity index (χ0v) is 21.0. The Bertz CT molecular complexity index is 902. The van der Waals surface area contributed by atoms with Crippen molar-refractivity contribution in [3.8, 4) is 0 Å². The van der Waals surface area contributed by atoms with E-state index in [0.717, 1.165) is 54.4 Å². The first-order valence-electron chi connectivity index (χ1n) is 12.0. The number of anilines is 1. The number of thioether (sulfide) groups is 1. The van der Waals surface area contributed by atoms with Gasteiger partial charge in [0, 0.05) is 36.7 Å². The van der Waals surface area contributed by atoms with Crippen LogP contribution in [0.3, 0.4) is 0 Å². The molecular formula is C26H36N4O3S. The highest BCUT2D eigenvalue weighted by atomic mass is 32.2. The number of amides is 2. The average Bonchev–Trinajstić information content (AvgIpc) is 2.83. The van der Waals surface area contributed by atoms with Gasteiger partial charge in [0.1, 0.15) is 0 Å². The highest BCUT2D eigenvalue weighted by Crippen LogP contribution is 2.22. The fraction of sp³-hybridized carbons (Fsp3) is 0.500. The first-order chi connectivity index (χ1) is 16.5. The van der Waals surface area contributed by atoms with Gasteiger partial charge in [-0.05, 0) is 76.0 Å². The molecule has 0 radical (unpaired) electrons. The SMILES string of the molecule is CC(C)OCCCNC(=O)C1CCN(CC(=O)Nc2cccc(CSc3ccccn3)c2)CC1. The molecule has 2 N–H and O–H groups in total. The molecule has 1 aliphatic rings. The molecule has 8 heteroatoms. The van der Waals surface area contributed by atoms with E-state index >= 15 is 0 Å². The normalized spacial score (nSPS) is 14.8. The monoisotopic (exact) mass is 484 g/mol. The Morgan fingerprint density at radius 1 is 1.18 bits per heavy atom. The Balaban J connectivity index is 1.34. The fourth-order valence-corrected chi connectivity index (χ4v) is 4.64. The van der Waals surface area contributed by atoms with Gasteiger partial charge in [-0.1, -0.05) is 18.2 Å². The Morgan fingerprint density at radius 3 is 2.74 bits per heavy atom. The van der Waals surface area contributed by atoms with E-state index in [4.69, 9.17) is 4.74 Å². The molecule has 1 aromatic heterocycles. The number of likely N-dealkylation sites (tertiary alicyclic amines) is 1. The van der Waals surface area contributed by atoms with Gasteiger partial charge in [0.2, 0.25) is 11.8 Å². The fourth-order valence-electron chi connectivity index (χ4n) is 3.83. The van der Waals surface area contributed by atoms with Crippen LogP contribution in [-0.4, -0.2) is 60.6 Å². The van der Waals surface area contributed by atoms with Crippen molar-refractivity contribution in [3.63, 3.8) is 0 Å². The number of piperidine rings is 1. The first kappa shape index (κ1) is 26.2. The van der Waals surface area contributed by atoms with Crippen LogP contribution >= 0.6 is 11.8 Å². The summed E-state index contributed by atoms with van der Waals surface area (Å²) in [6, 6.07) is 13.8. The lowest BCUT2D eigenvalue weighted by Gasteiger charge is -2.30. The molecule has 0 unspecified atom stereocenters. The smallest absolute Gasteiger partial charge is 0.238 e. The summed E-state index contributed by atoms with van der Waals surface area (Å²) < 4.78 is 5.50. The van der Waals surface area contributed by atoms with Crippen molar-refractivity contribution in [1.82, 2.24) is 15.2 Å².